The van der Waals surface area contributed by atoms with Crippen LogP contribution in [0.1, 0.15) is 20.8 Å². The predicted octanol–water partition coefficient (Wildman–Crippen LogP) is 0.178. The van der Waals surface area contributed by atoms with Crippen LogP contribution in [0.3, 0.4) is 0 Å². The van der Waals surface area contributed by atoms with Crippen molar-refractivity contribution in [2.24, 2.45) is 0 Å². The largest absolute Gasteiger partial charge is 0.345 e. The third kappa shape index (κ3) is 5.32. The van der Waals surface area contributed by atoms with Crippen molar-refractivity contribution >= 4 is 5.91 Å². The van der Waals surface area contributed by atoms with E-state index in [1.165, 1.54) is 6.92 Å². The van der Waals surface area contributed by atoms with E-state index in [2.05, 4.69) is 5.32 Å². The van der Waals surface area contributed by atoms with E-state index in [1.807, 2.05) is 0 Å². The van der Waals surface area contributed by atoms with Crippen LogP contribution in [0.25, 0.3) is 0 Å². The fraction of sp³-hybridized carbons (Fsp3) is 0.833. The molecule has 0 saturated carbocycles. The number of nitro groups is 1. The van der Waals surface area contributed by atoms with Gasteiger partial charge in [0.2, 0.25) is 12.5 Å². The van der Waals surface area contributed by atoms with Crippen molar-refractivity contribution in [1.29, 1.82) is 0 Å². The Bertz CT molecular complexity index is 159. The maximum absolute atomic E-state index is 10.5. The SMILES string of the molecule is CC(=O)NC(C)(C)C[N+](=O)[O-]. The second-order valence-electron chi connectivity index (χ2n) is 3.06. The summed E-state index contributed by atoms with van der Waals surface area (Å²) < 4.78 is 0. The molecule has 0 spiro atoms. The third-order valence-corrected chi connectivity index (χ3v) is 1.04. The van der Waals surface area contributed by atoms with E-state index in [-0.39, 0.29) is 12.5 Å². The van der Waals surface area contributed by atoms with Crippen LogP contribution in [0.2, 0.25) is 0 Å². The summed E-state index contributed by atoms with van der Waals surface area (Å²) in [6.45, 7) is 4.29. The highest BCUT2D eigenvalue weighted by Gasteiger charge is 2.24. The van der Waals surface area contributed by atoms with Gasteiger partial charge in [0.15, 0.2) is 0 Å². The Morgan fingerprint density at radius 2 is 2.09 bits per heavy atom. The third-order valence-electron chi connectivity index (χ3n) is 1.04. The molecule has 0 radical (unpaired) electrons. The molecule has 0 rings (SSSR count). The topological polar surface area (TPSA) is 72.2 Å². The molecule has 0 unspecified atom stereocenters. The highest BCUT2D eigenvalue weighted by Crippen LogP contribution is 2.00. The molecule has 0 aliphatic rings. The summed E-state index contributed by atoms with van der Waals surface area (Å²) in [5, 5.41) is 12.5. The summed E-state index contributed by atoms with van der Waals surface area (Å²) >= 11 is 0. The first kappa shape index (κ1) is 9.87. The molecule has 1 amide bonds. The molecule has 0 aromatic carbocycles. The van der Waals surface area contributed by atoms with Gasteiger partial charge in [-0.15, -0.1) is 0 Å². The van der Waals surface area contributed by atoms with Crippen molar-refractivity contribution in [3.8, 4) is 0 Å². The molecule has 0 aliphatic carbocycles. The summed E-state index contributed by atoms with van der Waals surface area (Å²) in [4.78, 5) is 20.1. The first-order valence-corrected chi connectivity index (χ1v) is 3.24. The standard InChI is InChI=1S/C6H12N2O3/c1-5(9)7-6(2,3)4-8(10)11/h4H2,1-3H3,(H,7,9). The number of amides is 1. The monoisotopic (exact) mass is 160 g/mol. The number of hydrogen-bond donors (Lipinski definition) is 1. The number of nitrogens with one attached hydrogen (secondary N) is 1. The highest BCUT2D eigenvalue weighted by atomic mass is 16.6. The van der Waals surface area contributed by atoms with Crippen LogP contribution in [0, 0.1) is 10.1 Å². The molecule has 5 heteroatoms. The molecule has 0 aliphatic heterocycles. The van der Waals surface area contributed by atoms with Crippen molar-refractivity contribution < 1.29 is 9.72 Å². The minimum Gasteiger partial charge on any atom is -0.345 e. The van der Waals surface area contributed by atoms with Gasteiger partial charge in [0.05, 0.1) is 5.54 Å². The second kappa shape index (κ2) is 3.32. The summed E-state index contributed by atoms with van der Waals surface area (Å²) in [7, 11) is 0. The molecule has 0 aromatic heterocycles. The van der Waals surface area contributed by atoms with Gasteiger partial charge in [-0.05, 0) is 13.8 Å². The molecule has 0 atom stereocenters. The van der Waals surface area contributed by atoms with Crippen LogP contribution < -0.4 is 5.32 Å². The van der Waals surface area contributed by atoms with Crippen LogP contribution in [-0.2, 0) is 4.79 Å². The Morgan fingerprint density at radius 3 is 2.36 bits per heavy atom. The molecule has 11 heavy (non-hydrogen) atoms. The Kier molecular flexibility index (Phi) is 2.98. The second-order valence-corrected chi connectivity index (χ2v) is 3.06. The van der Waals surface area contributed by atoms with E-state index >= 15 is 0 Å². The Hall–Kier alpha value is -1.13. The quantitative estimate of drug-likeness (QED) is 0.472. The van der Waals surface area contributed by atoms with Gasteiger partial charge >= 0.3 is 0 Å². The highest BCUT2D eigenvalue weighted by molar-refractivity contribution is 5.73. The van der Waals surface area contributed by atoms with Crippen molar-refractivity contribution in [3.63, 3.8) is 0 Å². The van der Waals surface area contributed by atoms with Gasteiger partial charge in [-0.2, -0.15) is 0 Å². The van der Waals surface area contributed by atoms with Gasteiger partial charge in [0, 0.05) is 11.8 Å². The van der Waals surface area contributed by atoms with E-state index in [4.69, 9.17) is 0 Å². The fourth-order valence-electron chi connectivity index (χ4n) is 0.839. The Balaban J connectivity index is 3.99. The summed E-state index contributed by atoms with van der Waals surface area (Å²) in [6.07, 6.45) is 0. The molecule has 0 aromatic rings. The van der Waals surface area contributed by atoms with E-state index < -0.39 is 10.5 Å². The van der Waals surface area contributed by atoms with Gasteiger partial charge < -0.3 is 5.32 Å². The van der Waals surface area contributed by atoms with Crippen molar-refractivity contribution in [3.05, 3.63) is 10.1 Å². The molecule has 5 nitrogen and oxygen atoms in total. The minimum atomic E-state index is -0.755. The van der Waals surface area contributed by atoms with E-state index in [9.17, 15) is 14.9 Å². The number of hydrogen-bond acceptors (Lipinski definition) is 3. The first-order valence-electron chi connectivity index (χ1n) is 3.24. The molecular formula is C6H12N2O3. The van der Waals surface area contributed by atoms with Gasteiger partial charge in [0.1, 0.15) is 0 Å². The van der Waals surface area contributed by atoms with Crippen LogP contribution in [0.15, 0.2) is 0 Å². The zero-order valence-electron chi connectivity index (χ0n) is 6.88. The van der Waals surface area contributed by atoms with Crippen LogP contribution in [0.4, 0.5) is 0 Å². The Morgan fingerprint density at radius 1 is 1.64 bits per heavy atom. The molecule has 1 N–H and O–H groups in total. The number of nitrogens with zero attached hydrogens (tertiary/aromatic N) is 1. The zero-order valence-corrected chi connectivity index (χ0v) is 6.88. The van der Waals surface area contributed by atoms with Crippen molar-refractivity contribution in [1.82, 2.24) is 5.32 Å². The lowest BCUT2D eigenvalue weighted by Gasteiger charge is -2.19. The minimum absolute atomic E-state index is 0.253. The lowest BCUT2D eigenvalue weighted by atomic mass is 10.1. The normalized spacial score (nSPS) is 10.8. The maximum atomic E-state index is 10.5. The Labute approximate surface area is 64.9 Å². The number of carbonyl (C=O) groups excluding carboxylic acids is 1. The predicted molar refractivity (Wildman–Crippen MR) is 39.8 cm³/mol. The van der Waals surface area contributed by atoms with E-state index in [0.29, 0.717) is 0 Å². The lowest BCUT2D eigenvalue weighted by Crippen LogP contribution is -2.47. The molecule has 0 fully saturated rings. The van der Waals surface area contributed by atoms with Gasteiger partial charge in [-0.1, -0.05) is 0 Å². The molecule has 0 saturated heterocycles. The van der Waals surface area contributed by atoms with Crippen molar-refractivity contribution in [2.45, 2.75) is 26.3 Å². The average molecular weight is 160 g/mol. The van der Waals surface area contributed by atoms with E-state index in [0.717, 1.165) is 0 Å². The summed E-state index contributed by atoms with van der Waals surface area (Å²) in [6, 6.07) is 0. The lowest BCUT2D eigenvalue weighted by molar-refractivity contribution is -0.489. The van der Waals surface area contributed by atoms with Gasteiger partial charge in [0.25, 0.3) is 0 Å². The number of carbonyl (C=O) groups is 1. The zero-order chi connectivity index (χ0) is 9.07. The molecule has 64 valence electrons. The molecular weight excluding hydrogens is 148 g/mol. The molecule has 0 bridgehead atoms. The molecule has 0 heterocycles. The van der Waals surface area contributed by atoms with Crippen LogP contribution >= 0.6 is 0 Å². The van der Waals surface area contributed by atoms with E-state index in [1.54, 1.807) is 13.8 Å². The van der Waals surface area contributed by atoms with Crippen LogP contribution in [0.5, 0.6) is 0 Å². The summed E-state index contributed by atoms with van der Waals surface area (Å²) in [5.41, 5.74) is -0.755. The summed E-state index contributed by atoms with van der Waals surface area (Å²) in [5.74, 6) is -0.253. The fourth-order valence-corrected chi connectivity index (χ4v) is 0.839. The van der Waals surface area contributed by atoms with Crippen LogP contribution in [-0.4, -0.2) is 22.9 Å². The smallest absolute Gasteiger partial charge is 0.226 e. The van der Waals surface area contributed by atoms with Gasteiger partial charge in [-0.3, -0.25) is 14.9 Å². The average Bonchev–Trinajstić information content (AvgIpc) is 1.53. The first-order chi connectivity index (χ1) is 4.83. The number of rotatable bonds is 3. The maximum Gasteiger partial charge on any atom is 0.226 e. The van der Waals surface area contributed by atoms with Gasteiger partial charge in [-0.25, -0.2) is 0 Å². The van der Waals surface area contributed by atoms with Crippen molar-refractivity contribution in [2.75, 3.05) is 6.54 Å².